The van der Waals surface area contributed by atoms with Crippen LogP contribution in [0.15, 0.2) is 36.5 Å². The number of nitrogens with one attached hydrogen (secondary N) is 1. The molecule has 1 saturated heterocycles. The van der Waals surface area contributed by atoms with Gasteiger partial charge in [0.25, 0.3) is 5.91 Å². The molecule has 32 heavy (non-hydrogen) atoms. The predicted molar refractivity (Wildman–Crippen MR) is 126 cm³/mol. The fourth-order valence-corrected chi connectivity index (χ4v) is 4.39. The molecule has 0 bridgehead atoms. The molecule has 0 aliphatic carbocycles. The lowest BCUT2D eigenvalue weighted by molar-refractivity contribution is -0.0778. The number of hydrogen-bond donors (Lipinski definition) is 1. The summed E-state index contributed by atoms with van der Waals surface area (Å²) in [7, 11) is 0. The van der Waals surface area contributed by atoms with Gasteiger partial charge in [0, 0.05) is 31.4 Å². The molecule has 3 aromatic rings. The molecule has 170 valence electrons. The molecule has 0 saturated carbocycles. The number of aryl methyl sites for hydroxylation is 2. The highest BCUT2D eigenvalue weighted by Gasteiger charge is 2.26. The van der Waals surface area contributed by atoms with Crippen molar-refractivity contribution in [2.24, 2.45) is 0 Å². The van der Waals surface area contributed by atoms with Crippen molar-refractivity contribution in [3.8, 4) is 0 Å². The smallest absolute Gasteiger partial charge is 0.252 e. The molecule has 1 N–H and O–H groups in total. The third kappa shape index (κ3) is 5.00. The Balaban J connectivity index is 1.49. The number of carbonyl (C=O) groups excluding carboxylic acids is 1. The maximum absolute atomic E-state index is 13.1. The second-order valence-corrected chi connectivity index (χ2v) is 9.11. The van der Waals surface area contributed by atoms with Crippen LogP contribution in [-0.4, -0.2) is 63.5 Å². The molecule has 7 heteroatoms. The van der Waals surface area contributed by atoms with E-state index in [2.05, 4.69) is 72.3 Å². The van der Waals surface area contributed by atoms with E-state index in [1.807, 2.05) is 17.7 Å². The number of amides is 1. The van der Waals surface area contributed by atoms with Crippen LogP contribution in [0, 0.1) is 13.8 Å². The van der Waals surface area contributed by atoms with Crippen LogP contribution in [0.1, 0.15) is 48.0 Å². The van der Waals surface area contributed by atoms with Crippen LogP contribution in [-0.2, 0) is 11.3 Å². The van der Waals surface area contributed by atoms with Gasteiger partial charge in [-0.2, -0.15) is 5.10 Å². The molecular formula is C25H33N5O2. The van der Waals surface area contributed by atoms with Gasteiger partial charge in [0.1, 0.15) is 0 Å². The van der Waals surface area contributed by atoms with Crippen LogP contribution in [0.5, 0.6) is 0 Å². The van der Waals surface area contributed by atoms with E-state index in [4.69, 9.17) is 4.74 Å². The van der Waals surface area contributed by atoms with Crippen molar-refractivity contribution in [2.45, 2.75) is 59.4 Å². The highest BCUT2D eigenvalue weighted by Crippen LogP contribution is 2.20. The fourth-order valence-electron chi connectivity index (χ4n) is 4.39. The first-order valence-electron chi connectivity index (χ1n) is 11.4. The average Bonchev–Trinajstić information content (AvgIpc) is 3.14. The van der Waals surface area contributed by atoms with Crippen molar-refractivity contribution in [3.05, 3.63) is 58.9 Å². The van der Waals surface area contributed by atoms with Crippen LogP contribution in [0.2, 0.25) is 0 Å². The van der Waals surface area contributed by atoms with E-state index in [9.17, 15) is 4.79 Å². The number of rotatable bonds is 6. The van der Waals surface area contributed by atoms with E-state index < -0.39 is 0 Å². The monoisotopic (exact) mass is 435 g/mol. The minimum atomic E-state index is -0.0865. The summed E-state index contributed by atoms with van der Waals surface area (Å²) in [5.74, 6) is -0.0865. The molecule has 0 spiro atoms. The summed E-state index contributed by atoms with van der Waals surface area (Å²) in [4.78, 5) is 20.2. The number of nitrogens with zero attached hydrogens (tertiary/aromatic N) is 4. The maximum Gasteiger partial charge on any atom is 0.252 e. The maximum atomic E-state index is 13.1. The van der Waals surface area contributed by atoms with Crippen molar-refractivity contribution in [2.75, 3.05) is 19.6 Å². The predicted octanol–water partition coefficient (Wildman–Crippen LogP) is 3.32. The molecule has 4 rings (SSSR count). The Morgan fingerprint density at radius 1 is 1.19 bits per heavy atom. The van der Waals surface area contributed by atoms with Crippen molar-refractivity contribution in [3.63, 3.8) is 0 Å². The summed E-state index contributed by atoms with van der Waals surface area (Å²) >= 11 is 0. The molecule has 3 heterocycles. The van der Waals surface area contributed by atoms with Gasteiger partial charge in [0.05, 0.1) is 35.9 Å². The molecular weight excluding hydrogens is 402 g/mol. The molecule has 3 unspecified atom stereocenters. The largest absolute Gasteiger partial charge is 0.373 e. The van der Waals surface area contributed by atoms with Gasteiger partial charge >= 0.3 is 0 Å². The summed E-state index contributed by atoms with van der Waals surface area (Å²) in [5.41, 5.74) is 4.54. The average molecular weight is 436 g/mol. The second kappa shape index (κ2) is 9.38. The molecule has 1 aromatic carbocycles. The van der Waals surface area contributed by atoms with Crippen LogP contribution >= 0.6 is 0 Å². The summed E-state index contributed by atoms with van der Waals surface area (Å²) in [6.45, 7) is 13.3. The van der Waals surface area contributed by atoms with Crippen molar-refractivity contribution < 1.29 is 9.53 Å². The molecule has 0 radical (unpaired) electrons. The number of hydrogen-bond acceptors (Lipinski definition) is 5. The Bertz CT molecular complexity index is 1080. The number of fused-ring (bicyclic) bond motifs is 1. The quantitative estimate of drug-likeness (QED) is 0.643. The van der Waals surface area contributed by atoms with Crippen molar-refractivity contribution in [1.29, 1.82) is 0 Å². The minimum Gasteiger partial charge on any atom is -0.373 e. The molecule has 1 amide bonds. The normalized spacial score (nSPS) is 20.4. The number of aromatic nitrogens is 3. The van der Waals surface area contributed by atoms with Crippen LogP contribution in [0.3, 0.4) is 0 Å². The SMILES string of the molecule is Cc1ccc(Cn2ncc3c(C(=O)NCC(C)N4CC(C)OC(C)C4)cc(C)nc32)cc1. The Labute approximate surface area is 189 Å². The number of carbonyl (C=O) groups is 1. The zero-order valence-electron chi connectivity index (χ0n) is 19.6. The van der Waals surface area contributed by atoms with Crippen LogP contribution in [0.25, 0.3) is 11.0 Å². The zero-order chi connectivity index (χ0) is 22.8. The molecule has 2 aromatic heterocycles. The molecule has 1 fully saturated rings. The van der Waals surface area contributed by atoms with E-state index in [0.29, 0.717) is 18.7 Å². The van der Waals surface area contributed by atoms with E-state index in [-0.39, 0.29) is 24.2 Å². The Morgan fingerprint density at radius 3 is 2.56 bits per heavy atom. The molecule has 7 nitrogen and oxygen atoms in total. The number of ether oxygens (including phenoxy) is 1. The molecule has 1 aliphatic rings. The first-order chi connectivity index (χ1) is 15.3. The van der Waals surface area contributed by atoms with E-state index in [1.54, 1.807) is 6.20 Å². The number of pyridine rings is 1. The van der Waals surface area contributed by atoms with Crippen molar-refractivity contribution in [1.82, 2.24) is 25.0 Å². The first-order valence-corrected chi connectivity index (χ1v) is 11.4. The number of benzene rings is 1. The summed E-state index contributed by atoms with van der Waals surface area (Å²) in [6.07, 6.45) is 2.16. The van der Waals surface area contributed by atoms with E-state index in [0.717, 1.165) is 35.4 Å². The van der Waals surface area contributed by atoms with Crippen molar-refractivity contribution >= 4 is 16.9 Å². The van der Waals surface area contributed by atoms with Gasteiger partial charge in [0.15, 0.2) is 5.65 Å². The lowest BCUT2D eigenvalue weighted by Crippen LogP contribution is -2.52. The van der Waals surface area contributed by atoms with Gasteiger partial charge in [-0.05, 0) is 46.2 Å². The summed E-state index contributed by atoms with van der Waals surface area (Å²) < 4.78 is 7.69. The van der Waals surface area contributed by atoms with Crippen LogP contribution < -0.4 is 5.32 Å². The third-order valence-corrected chi connectivity index (χ3v) is 6.06. The van der Waals surface area contributed by atoms with E-state index >= 15 is 0 Å². The van der Waals surface area contributed by atoms with Gasteiger partial charge < -0.3 is 10.1 Å². The third-order valence-electron chi connectivity index (χ3n) is 6.06. The fraction of sp³-hybridized carbons (Fsp3) is 0.480. The lowest BCUT2D eigenvalue weighted by atomic mass is 10.1. The first kappa shape index (κ1) is 22.4. The van der Waals surface area contributed by atoms with Gasteiger partial charge in [-0.3, -0.25) is 9.69 Å². The van der Waals surface area contributed by atoms with Gasteiger partial charge in [-0.15, -0.1) is 0 Å². The number of morpholine rings is 1. The summed E-state index contributed by atoms with van der Waals surface area (Å²) in [5, 5.41) is 8.44. The standard InChI is InChI=1S/C25H33N5O2/c1-16-6-8-21(9-7-16)15-30-24-23(12-27-30)22(10-17(2)28-24)25(31)26-11-18(3)29-13-19(4)32-20(5)14-29/h6-10,12,18-20H,11,13-15H2,1-5H3,(H,26,31). The Morgan fingerprint density at radius 2 is 1.88 bits per heavy atom. The van der Waals surface area contributed by atoms with Gasteiger partial charge in [-0.1, -0.05) is 29.8 Å². The topological polar surface area (TPSA) is 72.3 Å². The molecule has 3 atom stereocenters. The Kier molecular flexibility index (Phi) is 6.58. The summed E-state index contributed by atoms with van der Waals surface area (Å²) in [6, 6.07) is 10.5. The van der Waals surface area contributed by atoms with Gasteiger partial charge in [-0.25, -0.2) is 9.67 Å². The van der Waals surface area contributed by atoms with E-state index in [1.165, 1.54) is 5.56 Å². The van der Waals surface area contributed by atoms with Gasteiger partial charge in [0.2, 0.25) is 0 Å². The second-order valence-electron chi connectivity index (χ2n) is 9.11. The highest BCUT2D eigenvalue weighted by atomic mass is 16.5. The molecule has 1 aliphatic heterocycles. The minimum absolute atomic E-state index is 0.0865. The Hall–Kier alpha value is -2.77. The zero-order valence-corrected chi connectivity index (χ0v) is 19.6. The lowest BCUT2D eigenvalue weighted by Gasteiger charge is -2.39. The highest BCUT2D eigenvalue weighted by molar-refractivity contribution is 6.05. The van der Waals surface area contributed by atoms with Crippen LogP contribution in [0.4, 0.5) is 0 Å².